The van der Waals surface area contributed by atoms with E-state index in [0.717, 1.165) is 41.5 Å². The van der Waals surface area contributed by atoms with Crippen molar-refractivity contribution in [3.63, 3.8) is 0 Å². The fourth-order valence-corrected chi connectivity index (χ4v) is 3.58. The third kappa shape index (κ3) is 4.12. The fraction of sp³-hybridized carbons (Fsp3) is 0.238. The number of nitrogens with zero attached hydrogens (tertiary/aromatic N) is 4. The van der Waals surface area contributed by atoms with Gasteiger partial charge in [-0.15, -0.1) is 0 Å². The van der Waals surface area contributed by atoms with Crippen LogP contribution in [0.1, 0.15) is 27.2 Å². The molecule has 2 aromatic heterocycles. The van der Waals surface area contributed by atoms with Gasteiger partial charge in [-0.3, -0.25) is 9.78 Å². The SMILES string of the molecule is O=C(c1cccnc1)N1CCc2c(ncnc2NCCc2cccc(Cl)c2)C1. The normalized spacial score (nSPS) is 13.1. The monoisotopic (exact) mass is 393 g/mol. The smallest absolute Gasteiger partial charge is 0.255 e. The van der Waals surface area contributed by atoms with Crippen molar-refractivity contribution >= 4 is 23.3 Å². The highest BCUT2D eigenvalue weighted by Gasteiger charge is 2.25. The Morgan fingerprint density at radius 1 is 1.21 bits per heavy atom. The summed E-state index contributed by atoms with van der Waals surface area (Å²) in [4.78, 5) is 27.3. The van der Waals surface area contributed by atoms with Gasteiger partial charge < -0.3 is 10.2 Å². The summed E-state index contributed by atoms with van der Waals surface area (Å²) in [6.07, 6.45) is 6.39. The summed E-state index contributed by atoms with van der Waals surface area (Å²) in [7, 11) is 0. The number of hydrogen-bond donors (Lipinski definition) is 1. The summed E-state index contributed by atoms with van der Waals surface area (Å²) >= 11 is 6.04. The van der Waals surface area contributed by atoms with E-state index in [0.29, 0.717) is 18.7 Å². The van der Waals surface area contributed by atoms with Gasteiger partial charge in [0.25, 0.3) is 5.91 Å². The van der Waals surface area contributed by atoms with E-state index < -0.39 is 0 Å². The van der Waals surface area contributed by atoms with Gasteiger partial charge in [-0.05, 0) is 42.7 Å². The van der Waals surface area contributed by atoms with Crippen molar-refractivity contribution in [3.05, 3.63) is 82.5 Å². The van der Waals surface area contributed by atoms with E-state index in [1.54, 1.807) is 30.9 Å². The topological polar surface area (TPSA) is 71.0 Å². The summed E-state index contributed by atoms with van der Waals surface area (Å²) in [6.45, 7) is 1.87. The number of anilines is 1. The number of nitrogens with one attached hydrogen (secondary N) is 1. The van der Waals surface area contributed by atoms with Gasteiger partial charge in [0.15, 0.2) is 0 Å². The zero-order valence-corrected chi connectivity index (χ0v) is 16.1. The average molecular weight is 394 g/mol. The molecule has 7 heteroatoms. The van der Waals surface area contributed by atoms with Crippen LogP contribution in [0.3, 0.4) is 0 Å². The molecular weight excluding hydrogens is 374 g/mol. The molecule has 142 valence electrons. The van der Waals surface area contributed by atoms with Gasteiger partial charge in [-0.1, -0.05) is 23.7 Å². The van der Waals surface area contributed by atoms with E-state index in [-0.39, 0.29) is 5.91 Å². The third-order valence-electron chi connectivity index (χ3n) is 4.80. The van der Waals surface area contributed by atoms with Gasteiger partial charge in [0, 0.05) is 36.1 Å². The Kier molecular flexibility index (Phi) is 5.48. The van der Waals surface area contributed by atoms with E-state index in [4.69, 9.17) is 11.6 Å². The van der Waals surface area contributed by atoms with Gasteiger partial charge in [0.2, 0.25) is 0 Å². The van der Waals surface area contributed by atoms with E-state index in [2.05, 4.69) is 26.3 Å². The largest absolute Gasteiger partial charge is 0.369 e. The number of pyridine rings is 1. The number of hydrogen-bond acceptors (Lipinski definition) is 5. The first kappa shape index (κ1) is 18.4. The number of amides is 1. The van der Waals surface area contributed by atoms with Crippen LogP contribution in [0.25, 0.3) is 0 Å². The second-order valence-corrected chi connectivity index (χ2v) is 7.11. The second kappa shape index (κ2) is 8.35. The molecule has 0 fully saturated rings. The Bertz CT molecular complexity index is 980. The molecule has 0 unspecified atom stereocenters. The third-order valence-corrected chi connectivity index (χ3v) is 5.03. The van der Waals surface area contributed by atoms with Crippen LogP contribution in [0.4, 0.5) is 5.82 Å². The maximum Gasteiger partial charge on any atom is 0.255 e. The number of benzene rings is 1. The summed E-state index contributed by atoms with van der Waals surface area (Å²) < 4.78 is 0. The molecule has 1 N–H and O–H groups in total. The Morgan fingerprint density at radius 3 is 2.96 bits per heavy atom. The second-order valence-electron chi connectivity index (χ2n) is 6.67. The number of halogens is 1. The number of carbonyl (C=O) groups is 1. The molecule has 0 saturated heterocycles. The maximum absolute atomic E-state index is 12.7. The average Bonchev–Trinajstić information content (AvgIpc) is 2.74. The van der Waals surface area contributed by atoms with Crippen LogP contribution in [-0.4, -0.2) is 38.8 Å². The highest BCUT2D eigenvalue weighted by Crippen LogP contribution is 2.23. The number of aromatic nitrogens is 3. The maximum atomic E-state index is 12.7. The minimum atomic E-state index is -0.0205. The van der Waals surface area contributed by atoms with Crippen molar-refractivity contribution in [1.82, 2.24) is 19.9 Å². The zero-order valence-electron chi connectivity index (χ0n) is 15.3. The van der Waals surface area contributed by atoms with Crippen molar-refractivity contribution in [3.8, 4) is 0 Å². The lowest BCUT2D eigenvalue weighted by Crippen LogP contribution is -2.37. The van der Waals surface area contributed by atoms with Crippen LogP contribution in [0.15, 0.2) is 55.1 Å². The Hall–Kier alpha value is -2.99. The van der Waals surface area contributed by atoms with Crippen LogP contribution >= 0.6 is 11.6 Å². The van der Waals surface area contributed by atoms with Crippen molar-refractivity contribution < 1.29 is 4.79 Å². The number of fused-ring (bicyclic) bond motifs is 1. The summed E-state index contributed by atoms with van der Waals surface area (Å²) in [5, 5.41) is 4.15. The summed E-state index contributed by atoms with van der Waals surface area (Å²) in [6, 6.07) is 11.4. The predicted molar refractivity (Wildman–Crippen MR) is 108 cm³/mol. The van der Waals surface area contributed by atoms with Gasteiger partial charge in [-0.25, -0.2) is 9.97 Å². The van der Waals surface area contributed by atoms with Gasteiger partial charge in [0.05, 0.1) is 17.8 Å². The first-order chi connectivity index (χ1) is 13.7. The van der Waals surface area contributed by atoms with Gasteiger partial charge in [-0.2, -0.15) is 0 Å². The molecule has 3 aromatic rings. The van der Waals surface area contributed by atoms with Crippen LogP contribution in [0.5, 0.6) is 0 Å². The van der Waals surface area contributed by atoms with E-state index >= 15 is 0 Å². The lowest BCUT2D eigenvalue weighted by molar-refractivity contribution is 0.0731. The van der Waals surface area contributed by atoms with Crippen molar-refractivity contribution in [2.24, 2.45) is 0 Å². The zero-order chi connectivity index (χ0) is 19.3. The molecule has 0 saturated carbocycles. The van der Waals surface area contributed by atoms with Crippen molar-refractivity contribution in [2.45, 2.75) is 19.4 Å². The minimum absolute atomic E-state index is 0.0205. The van der Waals surface area contributed by atoms with Crippen molar-refractivity contribution in [1.29, 1.82) is 0 Å². The van der Waals surface area contributed by atoms with Crippen LogP contribution < -0.4 is 5.32 Å². The van der Waals surface area contributed by atoms with Crippen LogP contribution in [0, 0.1) is 0 Å². The molecule has 0 bridgehead atoms. The Balaban J connectivity index is 1.42. The van der Waals surface area contributed by atoms with Crippen LogP contribution in [-0.2, 0) is 19.4 Å². The molecular formula is C21H20ClN5O. The molecule has 0 spiro atoms. The highest BCUT2D eigenvalue weighted by atomic mass is 35.5. The van der Waals surface area contributed by atoms with Crippen LogP contribution in [0.2, 0.25) is 5.02 Å². The molecule has 1 amide bonds. The lowest BCUT2D eigenvalue weighted by atomic mass is 10.0. The lowest BCUT2D eigenvalue weighted by Gasteiger charge is -2.29. The molecule has 1 aromatic carbocycles. The van der Waals surface area contributed by atoms with E-state index in [1.165, 1.54) is 5.56 Å². The van der Waals surface area contributed by atoms with Crippen molar-refractivity contribution in [2.75, 3.05) is 18.4 Å². The Morgan fingerprint density at radius 2 is 2.14 bits per heavy atom. The molecule has 0 atom stereocenters. The standard InChI is InChI=1S/C21H20ClN5O/c22-17-5-1-3-15(11-17)6-9-24-20-18-7-10-27(13-19(18)25-14-26-20)21(28)16-4-2-8-23-12-16/h1-5,8,11-12,14H,6-7,9-10,13H2,(H,24,25,26). The summed E-state index contributed by atoms with van der Waals surface area (Å²) in [5.74, 6) is 0.827. The minimum Gasteiger partial charge on any atom is -0.369 e. The quantitative estimate of drug-likeness (QED) is 0.719. The van der Waals surface area contributed by atoms with E-state index in [9.17, 15) is 4.79 Å². The molecule has 0 radical (unpaired) electrons. The fourth-order valence-electron chi connectivity index (χ4n) is 3.37. The van der Waals surface area contributed by atoms with Gasteiger partial charge >= 0.3 is 0 Å². The number of rotatable bonds is 5. The molecule has 6 nitrogen and oxygen atoms in total. The molecule has 1 aliphatic heterocycles. The first-order valence-corrected chi connectivity index (χ1v) is 9.59. The number of carbonyl (C=O) groups excluding carboxylic acids is 1. The summed E-state index contributed by atoms with van der Waals surface area (Å²) in [5.41, 5.74) is 3.75. The molecule has 28 heavy (non-hydrogen) atoms. The molecule has 1 aliphatic rings. The highest BCUT2D eigenvalue weighted by molar-refractivity contribution is 6.30. The predicted octanol–water partition coefficient (Wildman–Crippen LogP) is 3.38. The Labute approximate surface area is 168 Å². The molecule has 3 heterocycles. The van der Waals surface area contributed by atoms with E-state index in [1.807, 2.05) is 23.1 Å². The molecule has 0 aliphatic carbocycles. The molecule has 4 rings (SSSR count). The first-order valence-electron chi connectivity index (χ1n) is 9.21. The van der Waals surface area contributed by atoms with Gasteiger partial charge in [0.1, 0.15) is 12.1 Å².